The zero-order valence-corrected chi connectivity index (χ0v) is 14.2. The van der Waals surface area contributed by atoms with Gasteiger partial charge in [0.2, 0.25) is 5.91 Å². The highest BCUT2D eigenvalue weighted by molar-refractivity contribution is 7.10. The Bertz CT molecular complexity index is 655. The van der Waals surface area contributed by atoms with Crippen LogP contribution in [0, 0.1) is 6.92 Å². The first kappa shape index (κ1) is 17.1. The molecule has 1 aromatic heterocycles. The fraction of sp³-hybridized carbons (Fsp3) is 0.467. The first-order valence-corrected chi connectivity index (χ1v) is 8.19. The van der Waals surface area contributed by atoms with Crippen LogP contribution >= 0.6 is 11.3 Å². The molecule has 1 aliphatic rings. The van der Waals surface area contributed by atoms with E-state index >= 15 is 0 Å². The number of hydrogen-bond donors (Lipinski definition) is 0. The molecule has 0 aromatic carbocycles. The molecule has 5 amide bonds. The first-order valence-electron chi connectivity index (χ1n) is 7.31. The Labute approximate surface area is 138 Å². The zero-order valence-electron chi connectivity index (χ0n) is 13.4. The molecular formula is C15H19N3O4S. The summed E-state index contributed by atoms with van der Waals surface area (Å²) in [5.74, 6) is -2.18. The molecule has 1 saturated heterocycles. The van der Waals surface area contributed by atoms with E-state index in [1.165, 1.54) is 4.90 Å². The Kier molecular flexibility index (Phi) is 5.15. The van der Waals surface area contributed by atoms with Crippen molar-refractivity contribution in [2.75, 3.05) is 20.1 Å². The number of rotatable bonds is 6. The molecule has 0 radical (unpaired) electrons. The Morgan fingerprint density at radius 2 is 1.87 bits per heavy atom. The second-order valence-corrected chi connectivity index (χ2v) is 6.41. The van der Waals surface area contributed by atoms with E-state index in [-0.39, 0.29) is 12.5 Å². The highest BCUT2D eigenvalue weighted by Crippen LogP contribution is 2.18. The predicted octanol–water partition coefficient (Wildman–Crippen LogP) is 1.22. The summed E-state index contributed by atoms with van der Waals surface area (Å²) in [6, 6.07) is 1.25. The minimum Gasteiger partial charge on any atom is -0.339 e. The Balaban J connectivity index is 2.02. The van der Waals surface area contributed by atoms with Crippen LogP contribution in [-0.4, -0.2) is 58.6 Å². The van der Waals surface area contributed by atoms with Crippen LogP contribution < -0.4 is 0 Å². The van der Waals surface area contributed by atoms with Crippen LogP contribution in [0.15, 0.2) is 11.4 Å². The topological polar surface area (TPSA) is 78.0 Å². The van der Waals surface area contributed by atoms with Crippen LogP contribution in [0.1, 0.15) is 23.8 Å². The van der Waals surface area contributed by atoms with Crippen molar-refractivity contribution in [1.29, 1.82) is 0 Å². The fourth-order valence-electron chi connectivity index (χ4n) is 2.24. The third-order valence-electron chi connectivity index (χ3n) is 3.65. The second kappa shape index (κ2) is 6.91. The van der Waals surface area contributed by atoms with E-state index in [0.29, 0.717) is 13.0 Å². The summed E-state index contributed by atoms with van der Waals surface area (Å²) in [5.41, 5.74) is 1.09. The van der Waals surface area contributed by atoms with Crippen LogP contribution in [0.2, 0.25) is 0 Å². The summed E-state index contributed by atoms with van der Waals surface area (Å²) in [4.78, 5) is 52.1. The van der Waals surface area contributed by atoms with Crippen LogP contribution in [0.4, 0.5) is 4.79 Å². The van der Waals surface area contributed by atoms with Crippen molar-refractivity contribution in [1.82, 2.24) is 14.7 Å². The number of amides is 5. The molecule has 7 nitrogen and oxygen atoms in total. The summed E-state index contributed by atoms with van der Waals surface area (Å²) in [7, 11) is 1.61. The van der Waals surface area contributed by atoms with Crippen LogP contribution in [-0.2, 0) is 20.9 Å². The van der Waals surface area contributed by atoms with Gasteiger partial charge in [0.1, 0.15) is 6.54 Å². The molecule has 0 atom stereocenters. The molecule has 0 bridgehead atoms. The maximum atomic E-state index is 12.3. The van der Waals surface area contributed by atoms with Crippen LogP contribution in [0.3, 0.4) is 0 Å². The summed E-state index contributed by atoms with van der Waals surface area (Å²) in [6.07, 6.45) is 0.560. The van der Waals surface area contributed by atoms with Gasteiger partial charge in [-0.05, 0) is 30.4 Å². The monoisotopic (exact) mass is 337 g/mol. The molecule has 1 fully saturated rings. The third-order valence-corrected chi connectivity index (χ3v) is 4.66. The number of carbonyl (C=O) groups is 4. The first-order chi connectivity index (χ1) is 10.9. The van der Waals surface area contributed by atoms with E-state index < -0.39 is 24.4 Å². The Morgan fingerprint density at radius 1 is 1.22 bits per heavy atom. The van der Waals surface area contributed by atoms with Gasteiger partial charge in [-0.15, -0.1) is 11.3 Å². The minimum atomic E-state index is -0.933. The van der Waals surface area contributed by atoms with Crippen LogP contribution in [0.25, 0.3) is 0 Å². The van der Waals surface area contributed by atoms with Gasteiger partial charge >= 0.3 is 17.8 Å². The molecule has 0 spiro atoms. The highest BCUT2D eigenvalue weighted by atomic mass is 32.1. The third kappa shape index (κ3) is 3.42. The second-order valence-electron chi connectivity index (χ2n) is 5.41. The van der Waals surface area contributed by atoms with Crippen molar-refractivity contribution in [3.63, 3.8) is 0 Å². The maximum Gasteiger partial charge on any atom is 0.334 e. The molecular weight excluding hydrogens is 318 g/mol. The maximum absolute atomic E-state index is 12.3. The molecule has 0 aliphatic carbocycles. The normalized spacial score (nSPS) is 14.8. The number of imide groups is 2. The van der Waals surface area contributed by atoms with Crippen molar-refractivity contribution in [2.24, 2.45) is 0 Å². The van der Waals surface area contributed by atoms with E-state index in [9.17, 15) is 19.2 Å². The highest BCUT2D eigenvalue weighted by Gasteiger charge is 2.44. The smallest absolute Gasteiger partial charge is 0.334 e. The van der Waals surface area contributed by atoms with Gasteiger partial charge in [-0.25, -0.2) is 9.69 Å². The molecule has 2 heterocycles. The van der Waals surface area contributed by atoms with Gasteiger partial charge in [-0.3, -0.25) is 19.3 Å². The Morgan fingerprint density at radius 3 is 2.43 bits per heavy atom. The van der Waals surface area contributed by atoms with Gasteiger partial charge in [-0.1, -0.05) is 6.92 Å². The molecule has 23 heavy (non-hydrogen) atoms. The van der Waals surface area contributed by atoms with E-state index in [1.807, 2.05) is 18.4 Å². The van der Waals surface area contributed by atoms with Gasteiger partial charge < -0.3 is 4.90 Å². The van der Waals surface area contributed by atoms with E-state index in [4.69, 9.17) is 0 Å². The molecule has 0 N–H and O–H groups in total. The van der Waals surface area contributed by atoms with Gasteiger partial charge in [0.15, 0.2) is 0 Å². The fourth-order valence-corrected chi connectivity index (χ4v) is 3.19. The molecule has 0 saturated carbocycles. The van der Waals surface area contributed by atoms with Crippen molar-refractivity contribution >= 4 is 35.1 Å². The molecule has 2 rings (SSSR count). The minimum absolute atomic E-state index is 0.179. The number of aryl methyl sites for hydroxylation is 1. The average molecular weight is 337 g/mol. The lowest BCUT2D eigenvalue weighted by molar-refractivity contribution is -0.144. The average Bonchev–Trinajstić information content (AvgIpc) is 3.00. The summed E-state index contributed by atoms with van der Waals surface area (Å²) in [6.45, 7) is 3.93. The van der Waals surface area contributed by atoms with E-state index in [1.54, 1.807) is 25.3 Å². The standard InChI is InChI=1S/C15H19N3O4S/c1-4-6-17-13(20)14(21)18(15(17)22)9-12(19)16(3)8-11-10(2)5-7-23-11/h5,7H,4,6,8-9H2,1-3H3. The van der Waals surface area contributed by atoms with Gasteiger partial charge in [-0.2, -0.15) is 0 Å². The molecule has 1 aliphatic heterocycles. The predicted molar refractivity (Wildman–Crippen MR) is 84.6 cm³/mol. The number of hydrogen-bond acceptors (Lipinski definition) is 5. The van der Waals surface area contributed by atoms with Crippen LogP contribution in [0.5, 0.6) is 0 Å². The van der Waals surface area contributed by atoms with Gasteiger partial charge in [0.05, 0.1) is 6.54 Å². The number of likely N-dealkylation sites (N-methyl/N-ethyl adjacent to an activating group) is 1. The number of thiophene rings is 1. The lowest BCUT2D eigenvalue weighted by atomic mass is 10.3. The largest absolute Gasteiger partial charge is 0.339 e. The van der Waals surface area contributed by atoms with Gasteiger partial charge in [0, 0.05) is 18.5 Å². The molecule has 0 unspecified atom stereocenters. The van der Waals surface area contributed by atoms with Crippen molar-refractivity contribution in [3.8, 4) is 0 Å². The quantitative estimate of drug-likeness (QED) is 0.577. The summed E-state index contributed by atoms with van der Waals surface area (Å²) >= 11 is 1.54. The molecule has 1 aromatic rings. The van der Waals surface area contributed by atoms with Gasteiger partial charge in [0.25, 0.3) is 0 Å². The summed E-state index contributed by atoms with van der Waals surface area (Å²) in [5, 5.41) is 1.94. The summed E-state index contributed by atoms with van der Waals surface area (Å²) < 4.78 is 0. The zero-order chi connectivity index (χ0) is 17.1. The molecule has 8 heteroatoms. The van der Waals surface area contributed by atoms with E-state index in [2.05, 4.69) is 0 Å². The van der Waals surface area contributed by atoms with Crippen molar-refractivity contribution in [3.05, 3.63) is 21.9 Å². The van der Waals surface area contributed by atoms with E-state index in [0.717, 1.165) is 20.2 Å². The lowest BCUT2D eigenvalue weighted by Crippen LogP contribution is -2.42. The van der Waals surface area contributed by atoms with Crippen molar-refractivity contribution < 1.29 is 19.2 Å². The number of carbonyl (C=O) groups excluding carboxylic acids is 4. The van der Waals surface area contributed by atoms with Crippen molar-refractivity contribution in [2.45, 2.75) is 26.8 Å². The lowest BCUT2D eigenvalue weighted by Gasteiger charge is -2.20. The Hall–Kier alpha value is -2.22. The molecule has 124 valence electrons. The number of nitrogens with zero attached hydrogens (tertiary/aromatic N) is 3. The number of urea groups is 1. The SMILES string of the molecule is CCCN1C(=O)C(=O)N(CC(=O)N(C)Cc2sccc2C)C1=O.